The standard InChI is InChI=1S/C15H13NO5S2/c1-8-4-2-3-5-9(8)6-11-13(19)16(15(22)23-11)10(14(20)21)7-12(17)18/h2-6,10H,7H2,1H3,(H,17,18)(H,20,21)/b11-6+. The normalized spacial score (nSPS) is 17.6. The maximum Gasteiger partial charge on any atom is 0.327 e. The van der Waals surface area contributed by atoms with Crippen LogP contribution in [0.25, 0.3) is 6.08 Å². The minimum absolute atomic E-state index is 0.0449. The van der Waals surface area contributed by atoms with Gasteiger partial charge in [-0.05, 0) is 24.1 Å². The van der Waals surface area contributed by atoms with Crippen LogP contribution in [0.5, 0.6) is 0 Å². The topological polar surface area (TPSA) is 94.9 Å². The fourth-order valence-corrected chi connectivity index (χ4v) is 3.44. The molecule has 23 heavy (non-hydrogen) atoms. The average Bonchev–Trinajstić information content (AvgIpc) is 2.73. The van der Waals surface area contributed by atoms with Gasteiger partial charge >= 0.3 is 11.9 Å². The van der Waals surface area contributed by atoms with Crippen molar-refractivity contribution in [3.05, 3.63) is 40.3 Å². The van der Waals surface area contributed by atoms with Gasteiger partial charge in [-0.3, -0.25) is 14.5 Å². The second-order valence-corrected chi connectivity index (χ2v) is 6.54. The van der Waals surface area contributed by atoms with Crippen LogP contribution in [-0.4, -0.2) is 43.3 Å². The summed E-state index contributed by atoms with van der Waals surface area (Å²) >= 11 is 6.03. The van der Waals surface area contributed by atoms with Gasteiger partial charge in [-0.15, -0.1) is 0 Å². The van der Waals surface area contributed by atoms with E-state index in [0.717, 1.165) is 27.8 Å². The van der Waals surface area contributed by atoms with Gasteiger partial charge in [0.1, 0.15) is 10.4 Å². The molecule has 1 heterocycles. The molecule has 0 aliphatic carbocycles. The highest BCUT2D eigenvalue weighted by Crippen LogP contribution is 2.35. The molecule has 1 atom stereocenters. The second kappa shape index (κ2) is 6.93. The molecular weight excluding hydrogens is 338 g/mol. The number of carboxylic acids is 2. The van der Waals surface area contributed by atoms with Crippen molar-refractivity contribution in [1.82, 2.24) is 4.90 Å². The monoisotopic (exact) mass is 351 g/mol. The van der Waals surface area contributed by atoms with E-state index in [1.165, 1.54) is 0 Å². The number of hydrogen-bond donors (Lipinski definition) is 2. The third-order valence-electron chi connectivity index (χ3n) is 3.26. The molecule has 120 valence electrons. The fourth-order valence-electron chi connectivity index (χ4n) is 2.09. The van der Waals surface area contributed by atoms with Gasteiger partial charge in [-0.1, -0.05) is 48.2 Å². The first-order valence-corrected chi connectivity index (χ1v) is 7.81. The molecule has 1 fully saturated rings. The number of benzene rings is 1. The third kappa shape index (κ3) is 3.77. The van der Waals surface area contributed by atoms with Crippen molar-refractivity contribution in [2.75, 3.05) is 0 Å². The number of nitrogens with zero attached hydrogens (tertiary/aromatic N) is 1. The Balaban J connectivity index is 2.34. The zero-order chi connectivity index (χ0) is 17.1. The van der Waals surface area contributed by atoms with Crippen LogP contribution in [0.1, 0.15) is 17.5 Å². The van der Waals surface area contributed by atoms with Crippen LogP contribution in [0.3, 0.4) is 0 Å². The Hall–Kier alpha value is -2.19. The Morgan fingerprint density at radius 1 is 1.35 bits per heavy atom. The van der Waals surface area contributed by atoms with Gasteiger partial charge in [0.2, 0.25) is 0 Å². The molecule has 1 aromatic carbocycles. The summed E-state index contributed by atoms with van der Waals surface area (Å²) in [5.74, 6) is -3.30. The second-order valence-electron chi connectivity index (χ2n) is 4.86. The van der Waals surface area contributed by atoms with E-state index in [0.29, 0.717) is 0 Å². The van der Waals surface area contributed by atoms with Crippen LogP contribution in [0.15, 0.2) is 29.2 Å². The minimum Gasteiger partial charge on any atom is -0.481 e. The van der Waals surface area contributed by atoms with Crippen LogP contribution < -0.4 is 0 Å². The van der Waals surface area contributed by atoms with Crippen molar-refractivity contribution in [2.24, 2.45) is 0 Å². The smallest absolute Gasteiger partial charge is 0.327 e. The molecule has 0 aromatic heterocycles. The Labute approximate surface area is 141 Å². The number of rotatable bonds is 5. The molecule has 2 N–H and O–H groups in total. The highest BCUT2D eigenvalue weighted by molar-refractivity contribution is 8.26. The predicted molar refractivity (Wildman–Crippen MR) is 89.9 cm³/mol. The minimum atomic E-state index is -1.51. The van der Waals surface area contributed by atoms with Gasteiger partial charge in [0, 0.05) is 0 Å². The summed E-state index contributed by atoms with van der Waals surface area (Å²) in [5.41, 5.74) is 1.77. The number of thiocarbonyl (C=S) groups is 1. The van der Waals surface area contributed by atoms with Crippen LogP contribution in [0.4, 0.5) is 0 Å². The summed E-state index contributed by atoms with van der Waals surface area (Å²) in [6.07, 6.45) is 0.924. The molecule has 8 heteroatoms. The van der Waals surface area contributed by atoms with E-state index in [9.17, 15) is 19.5 Å². The molecular formula is C15H13NO5S2. The van der Waals surface area contributed by atoms with Crippen molar-refractivity contribution >= 4 is 52.2 Å². The summed E-state index contributed by atoms with van der Waals surface area (Å²) in [6.45, 7) is 1.89. The zero-order valence-electron chi connectivity index (χ0n) is 12.1. The lowest BCUT2D eigenvalue weighted by molar-refractivity contribution is -0.150. The lowest BCUT2D eigenvalue weighted by Gasteiger charge is -2.21. The highest BCUT2D eigenvalue weighted by atomic mass is 32.2. The van der Waals surface area contributed by atoms with E-state index in [1.54, 1.807) is 6.08 Å². The summed E-state index contributed by atoms with van der Waals surface area (Å²) in [6, 6.07) is 5.89. The summed E-state index contributed by atoms with van der Waals surface area (Å²) in [7, 11) is 0. The van der Waals surface area contributed by atoms with Gasteiger partial charge in [-0.2, -0.15) is 0 Å². The van der Waals surface area contributed by atoms with E-state index >= 15 is 0 Å². The molecule has 1 amide bonds. The molecule has 1 unspecified atom stereocenters. The largest absolute Gasteiger partial charge is 0.481 e. The number of thioether (sulfide) groups is 1. The van der Waals surface area contributed by atoms with Gasteiger partial charge in [0.05, 0.1) is 11.3 Å². The lowest BCUT2D eigenvalue weighted by atomic mass is 10.1. The lowest BCUT2D eigenvalue weighted by Crippen LogP contribution is -2.45. The highest BCUT2D eigenvalue weighted by Gasteiger charge is 2.41. The maximum absolute atomic E-state index is 12.5. The molecule has 0 radical (unpaired) electrons. The molecule has 1 aliphatic rings. The molecule has 6 nitrogen and oxygen atoms in total. The van der Waals surface area contributed by atoms with E-state index in [-0.39, 0.29) is 9.23 Å². The van der Waals surface area contributed by atoms with Crippen LogP contribution in [-0.2, 0) is 14.4 Å². The molecule has 1 aliphatic heterocycles. The summed E-state index contributed by atoms with van der Waals surface area (Å²) in [5, 5.41) is 18.0. The van der Waals surface area contributed by atoms with Gasteiger partial charge in [-0.25, -0.2) is 4.79 Å². The van der Waals surface area contributed by atoms with E-state index < -0.39 is 30.3 Å². The van der Waals surface area contributed by atoms with E-state index in [1.807, 2.05) is 31.2 Å². The van der Waals surface area contributed by atoms with Gasteiger partial charge < -0.3 is 10.2 Å². The molecule has 2 rings (SSSR count). The number of carbonyl (C=O) groups is 3. The Kier molecular flexibility index (Phi) is 5.17. The maximum atomic E-state index is 12.5. The first-order chi connectivity index (χ1) is 10.8. The summed E-state index contributed by atoms with van der Waals surface area (Å²) in [4.78, 5) is 35.7. The van der Waals surface area contributed by atoms with Crippen LogP contribution >= 0.6 is 24.0 Å². The first kappa shape index (κ1) is 17.2. The third-order valence-corrected chi connectivity index (χ3v) is 4.59. The van der Waals surface area contributed by atoms with Gasteiger partial charge in [0.15, 0.2) is 0 Å². The predicted octanol–water partition coefficient (Wildman–Crippen LogP) is 2.12. The average molecular weight is 351 g/mol. The van der Waals surface area contributed by atoms with Crippen molar-refractivity contribution in [1.29, 1.82) is 0 Å². The zero-order valence-corrected chi connectivity index (χ0v) is 13.7. The Bertz CT molecular complexity index is 728. The Morgan fingerprint density at radius 2 is 2.00 bits per heavy atom. The van der Waals surface area contributed by atoms with E-state index in [4.69, 9.17) is 17.3 Å². The number of aryl methyl sites for hydroxylation is 1. The van der Waals surface area contributed by atoms with Crippen molar-refractivity contribution in [3.8, 4) is 0 Å². The fraction of sp³-hybridized carbons (Fsp3) is 0.200. The summed E-state index contributed by atoms with van der Waals surface area (Å²) < 4.78 is 0.0449. The number of aliphatic carboxylic acids is 2. The van der Waals surface area contributed by atoms with Crippen molar-refractivity contribution in [3.63, 3.8) is 0 Å². The first-order valence-electron chi connectivity index (χ1n) is 6.58. The van der Waals surface area contributed by atoms with Crippen LogP contribution in [0.2, 0.25) is 0 Å². The van der Waals surface area contributed by atoms with Crippen molar-refractivity contribution in [2.45, 2.75) is 19.4 Å². The number of carboxylic acid groups (broad SMARTS) is 2. The molecule has 0 spiro atoms. The van der Waals surface area contributed by atoms with Crippen LogP contribution in [0, 0.1) is 6.92 Å². The SMILES string of the molecule is Cc1ccccc1/C=C1/SC(=S)N(C(CC(=O)O)C(=O)O)C1=O. The quantitative estimate of drug-likeness (QED) is 0.620. The molecule has 0 bridgehead atoms. The Morgan fingerprint density at radius 3 is 2.57 bits per heavy atom. The van der Waals surface area contributed by atoms with Crippen molar-refractivity contribution < 1.29 is 24.6 Å². The molecule has 1 aromatic rings. The molecule has 1 saturated heterocycles. The van der Waals surface area contributed by atoms with E-state index in [2.05, 4.69) is 0 Å². The number of amides is 1. The molecule has 0 saturated carbocycles. The number of carbonyl (C=O) groups excluding carboxylic acids is 1. The number of hydrogen-bond acceptors (Lipinski definition) is 5. The van der Waals surface area contributed by atoms with Gasteiger partial charge in [0.25, 0.3) is 5.91 Å².